The molecule has 0 aliphatic rings. The van der Waals surface area contributed by atoms with E-state index in [0.29, 0.717) is 22.8 Å². The van der Waals surface area contributed by atoms with E-state index in [0.717, 1.165) is 13.8 Å². The van der Waals surface area contributed by atoms with Gasteiger partial charge in [0.15, 0.2) is 22.6 Å². The molecule has 3 heterocycles. The largest absolute Gasteiger partial charge is 0.365 e. The maximum atomic E-state index is 14.5. The Bertz CT molecular complexity index is 1810. The van der Waals surface area contributed by atoms with Gasteiger partial charge in [-0.1, -0.05) is 22.9 Å². The van der Waals surface area contributed by atoms with Crippen LogP contribution in [0, 0.1) is 17.5 Å². The molecule has 0 bridgehead atoms. The molecule has 2 aromatic carbocycles. The van der Waals surface area contributed by atoms with Gasteiger partial charge in [0.2, 0.25) is 5.95 Å². The Morgan fingerprint density at radius 2 is 1.76 bits per heavy atom. The van der Waals surface area contributed by atoms with Crippen molar-refractivity contribution in [2.24, 2.45) is 7.05 Å². The van der Waals surface area contributed by atoms with Crippen molar-refractivity contribution in [2.45, 2.75) is 13.1 Å². The molecule has 196 valence electrons. The maximum absolute atomic E-state index is 14.5. The van der Waals surface area contributed by atoms with E-state index in [1.807, 2.05) is 0 Å². The first-order chi connectivity index (χ1) is 18.1. The molecule has 0 radical (unpaired) electrons. The second-order valence-corrected chi connectivity index (χ2v) is 9.50. The van der Waals surface area contributed by atoms with Crippen LogP contribution in [-0.4, -0.2) is 40.9 Å². The van der Waals surface area contributed by atoms with Crippen LogP contribution in [0.1, 0.15) is 11.4 Å². The number of anilines is 3. The number of nitrogens with one attached hydrogen (secondary N) is 2. The minimum absolute atomic E-state index is 0.152. The summed E-state index contributed by atoms with van der Waals surface area (Å²) in [7, 11) is 3.33. The van der Waals surface area contributed by atoms with Crippen LogP contribution in [0.25, 0.3) is 10.2 Å². The topological polar surface area (TPSA) is 125 Å². The van der Waals surface area contributed by atoms with Crippen LogP contribution in [0.5, 0.6) is 0 Å². The molecule has 5 aromatic rings. The number of aryl methyl sites for hydroxylation is 1. The Labute approximate surface area is 220 Å². The molecular formula is C22H17ClF3N9O2S. The zero-order chi connectivity index (χ0) is 27.1. The Morgan fingerprint density at radius 3 is 2.47 bits per heavy atom. The van der Waals surface area contributed by atoms with E-state index in [-0.39, 0.29) is 34.6 Å². The summed E-state index contributed by atoms with van der Waals surface area (Å²) < 4.78 is 45.7. The summed E-state index contributed by atoms with van der Waals surface area (Å²) in [6.45, 7) is -0.913. The van der Waals surface area contributed by atoms with E-state index in [2.05, 4.69) is 30.7 Å². The fourth-order valence-corrected chi connectivity index (χ4v) is 4.67. The Hall–Kier alpha value is -4.24. The van der Waals surface area contributed by atoms with E-state index in [9.17, 15) is 22.8 Å². The van der Waals surface area contributed by atoms with Gasteiger partial charge >= 0.3 is 11.4 Å². The van der Waals surface area contributed by atoms with Crippen molar-refractivity contribution in [3.8, 4) is 0 Å². The molecule has 0 atom stereocenters. The van der Waals surface area contributed by atoms with Crippen LogP contribution in [0.4, 0.5) is 29.9 Å². The monoisotopic (exact) mass is 563 g/mol. The fraction of sp³-hybridized carbons (Fsp3) is 0.182. The van der Waals surface area contributed by atoms with Crippen molar-refractivity contribution in [3.63, 3.8) is 0 Å². The van der Waals surface area contributed by atoms with Crippen LogP contribution in [0.3, 0.4) is 0 Å². The SMILES string of the molecule is CNc1nc2cc(Cl)c(Nc3nc(=O)n(Cc4ncn(C)n4)c(=O)n3Cc3cc(F)c(F)cc3F)cc2s1. The van der Waals surface area contributed by atoms with Crippen LogP contribution in [0.15, 0.2) is 40.2 Å². The summed E-state index contributed by atoms with van der Waals surface area (Å²) in [4.78, 5) is 38.7. The molecule has 38 heavy (non-hydrogen) atoms. The lowest BCUT2D eigenvalue weighted by atomic mass is 10.2. The lowest BCUT2D eigenvalue weighted by Gasteiger charge is -2.16. The standard InChI is InChI=1S/C22H17ClF3N9O2S/c1-27-20-30-16-4-11(23)15(6-17(16)38-20)29-19-31-21(36)35(8-18-28-9-33(2)32-18)22(37)34(19)7-10-3-13(25)14(26)5-12(10)24/h3-6,9H,7-8H2,1-2H3,(H,27,30)(H,29,31,36). The van der Waals surface area contributed by atoms with Gasteiger partial charge in [-0.05, 0) is 18.2 Å². The van der Waals surface area contributed by atoms with Gasteiger partial charge in [-0.3, -0.25) is 9.25 Å². The minimum Gasteiger partial charge on any atom is -0.365 e. The molecule has 11 nitrogen and oxygen atoms in total. The molecule has 0 spiro atoms. The molecule has 0 saturated carbocycles. The molecule has 0 fully saturated rings. The van der Waals surface area contributed by atoms with Gasteiger partial charge < -0.3 is 10.6 Å². The number of fused-ring (bicyclic) bond motifs is 1. The van der Waals surface area contributed by atoms with Crippen molar-refractivity contribution in [1.82, 2.24) is 33.9 Å². The summed E-state index contributed by atoms with van der Waals surface area (Å²) in [6.07, 6.45) is 1.38. The third-order valence-corrected chi connectivity index (χ3v) is 6.80. The Kier molecular flexibility index (Phi) is 6.62. The second kappa shape index (κ2) is 9.90. The van der Waals surface area contributed by atoms with E-state index >= 15 is 0 Å². The zero-order valence-electron chi connectivity index (χ0n) is 19.7. The van der Waals surface area contributed by atoms with E-state index in [4.69, 9.17) is 11.6 Å². The molecule has 0 amide bonds. The highest BCUT2D eigenvalue weighted by atomic mass is 35.5. The highest BCUT2D eigenvalue weighted by molar-refractivity contribution is 7.22. The Balaban J connectivity index is 1.63. The summed E-state index contributed by atoms with van der Waals surface area (Å²) in [5.74, 6) is -3.92. The number of nitrogens with zero attached hydrogens (tertiary/aromatic N) is 7. The summed E-state index contributed by atoms with van der Waals surface area (Å²) >= 11 is 7.75. The molecule has 3 aromatic heterocycles. The Morgan fingerprint density at radius 1 is 1.00 bits per heavy atom. The van der Waals surface area contributed by atoms with Gasteiger partial charge in [-0.25, -0.2) is 37.3 Å². The first-order valence-corrected chi connectivity index (χ1v) is 12.1. The van der Waals surface area contributed by atoms with Crippen LogP contribution in [0.2, 0.25) is 5.02 Å². The smallest absolute Gasteiger partial charge is 0.355 e. The maximum Gasteiger partial charge on any atom is 0.355 e. The number of rotatable bonds is 7. The highest BCUT2D eigenvalue weighted by Gasteiger charge is 2.19. The van der Waals surface area contributed by atoms with Gasteiger partial charge in [0.1, 0.15) is 12.1 Å². The summed E-state index contributed by atoms with van der Waals surface area (Å²) in [6, 6.07) is 4.24. The van der Waals surface area contributed by atoms with Crippen molar-refractivity contribution in [1.29, 1.82) is 0 Å². The molecule has 0 unspecified atom stereocenters. The third kappa shape index (κ3) is 4.84. The predicted molar refractivity (Wildman–Crippen MR) is 136 cm³/mol. The lowest BCUT2D eigenvalue weighted by molar-refractivity contribution is 0.485. The van der Waals surface area contributed by atoms with Crippen molar-refractivity contribution in [2.75, 3.05) is 17.7 Å². The zero-order valence-corrected chi connectivity index (χ0v) is 21.2. The van der Waals surface area contributed by atoms with Gasteiger partial charge in [-0.15, -0.1) is 0 Å². The van der Waals surface area contributed by atoms with Crippen LogP contribution >= 0.6 is 22.9 Å². The van der Waals surface area contributed by atoms with Crippen molar-refractivity contribution >= 4 is 49.9 Å². The number of thiazole rings is 1. The summed E-state index contributed by atoms with van der Waals surface area (Å²) in [5, 5.41) is 10.7. The van der Waals surface area contributed by atoms with Gasteiger partial charge in [-0.2, -0.15) is 10.1 Å². The average molecular weight is 564 g/mol. The lowest BCUT2D eigenvalue weighted by Crippen LogP contribution is -2.43. The normalized spacial score (nSPS) is 11.3. The summed E-state index contributed by atoms with van der Waals surface area (Å²) in [5.41, 5.74) is -1.32. The number of benzene rings is 2. The second-order valence-electron chi connectivity index (χ2n) is 8.06. The predicted octanol–water partition coefficient (Wildman–Crippen LogP) is 3.10. The number of halogens is 4. The highest BCUT2D eigenvalue weighted by Crippen LogP contribution is 2.34. The van der Waals surface area contributed by atoms with Gasteiger partial charge in [0, 0.05) is 25.7 Å². The van der Waals surface area contributed by atoms with E-state index in [1.54, 1.807) is 26.2 Å². The van der Waals surface area contributed by atoms with Crippen molar-refractivity contribution < 1.29 is 13.2 Å². The van der Waals surface area contributed by atoms with E-state index < -0.39 is 35.4 Å². The fourth-order valence-electron chi connectivity index (χ4n) is 3.63. The molecule has 16 heteroatoms. The minimum atomic E-state index is -1.38. The number of aromatic nitrogens is 7. The number of hydrogen-bond donors (Lipinski definition) is 2. The van der Waals surface area contributed by atoms with Gasteiger partial charge in [0.05, 0.1) is 34.0 Å². The van der Waals surface area contributed by atoms with Crippen LogP contribution in [-0.2, 0) is 20.1 Å². The molecule has 5 rings (SSSR count). The third-order valence-electron chi connectivity index (χ3n) is 5.45. The van der Waals surface area contributed by atoms with Crippen molar-refractivity contribution in [3.05, 3.63) is 85.4 Å². The molecule has 0 saturated heterocycles. The average Bonchev–Trinajstić information content (AvgIpc) is 3.47. The molecule has 2 N–H and O–H groups in total. The molecular weight excluding hydrogens is 547 g/mol. The first kappa shape index (κ1) is 25.4. The first-order valence-electron chi connectivity index (χ1n) is 10.9. The van der Waals surface area contributed by atoms with Gasteiger partial charge in [0.25, 0.3) is 0 Å². The van der Waals surface area contributed by atoms with E-state index in [1.165, 1.54) is 22.3 Å². The van der Waals surface area contributed by atoms with Crippen LogP contribution < -0.4 is 22.0 Å². The quantitative estimate of drug-likeness (QED) is 0.290. The molecule has 0 aliphatic heterocycles. The molecule has 0 aliphatic carbocycles. The number of hydrogen-bond acceptors (Lipinski definition) is 9.